The molecule has 1 aliphatic rings. The third-order valence-electron chi connectivity index (χ3n) is 3.72. The van der Waals surface area contributed by atoms with E-state index in [1.165, 1.54) is 0 Å². The third-order valence-corrected chi connectivity index (χ3v) is 3.72. The molecule has 0 aliphatic carbocycles. The van der Waals surface area contributed by atoms with E-state index in [1.807, 2.05) is 30.3 Å². The number of ether oxygens (including phenoxy) is 2. The lowest BCUT2D eigenvalue weighted by Crippen LogP contribution is -2.22. The number of nitrogens with zero attached hydrogens (tertiary/aromatic N) is 1. The molecule has 1 heterocycles. The van der Waals surface area contributed by atoms with Crippen LogP contribution in [0.1, 0.15) is 23.7 Å². The fourth-order valence-electron chi connectivity index (χ4n) is 2.56. The number of hydrogen-bond donors (Lipinski definition) is 0. The minimum absolute atomic E-state index is 0.186. The summed E-state index contributed by atoms with van der Waals surface area (Å²) in [6.45, 7) is 2.21. The zero-order valence-electron chi connectivity index (χ0n) is 13.2. The first-order valence-corrected chi connectivity index (χ1v) is 7.72. The molecular weight excluding hydrogens is 310 g/mol. The maximum Gasteiger partial charge on any atom is 0.356 e. The van der Waals surface area contributed by atoms with E-state index in [-0.39, 0.29) is 18.4 Å². The Hall–Kier alpha value is -2.89. The zero-order chi connectivity index (χ0) is 16.9. The monoisotopic (exact) mass is 327 g/mol. The Labute approximate surface area is 139 Å². The van der Waals surface area contributed by atoms with Crippen molar-refractivity contribution in [3.05, 3.63) is 42.0 Å². The number of carbonyl (C=O) groups is 2. The number of oxime groups is 1. The largest absolute Gasteiger partial charge is 0.489 e. The predicted octanol–water partition coefficient (Wildman–Crippen LogP) is 2.74. The second kappa shape index (κ2) is 7.12. The van der Waals surface area contributed by atoms with Gasteiger partial charge in [0.15, 0.2) is 18.1 Å². The van der Waals surface area contributed by atoms with Crippen molar-refractivity contribution in [2.75, 3.05) is 13.2 Å². The van der Waals surface area contributed by atoms with E-state index in [1.54, 1.807) is 13.0 Å². The second-order valence-corrected chi connectivity index (χ2v) is 5.32. The van der Waals surface area contributed by atoms with Crippen molar-refractivity contribution in [2.45, 2.75) is 19.4 Å². The Bertz CT molecular complexity index is 799. The molecule has 1 atom stereocenters. The molecule has 0 spiro atoms. The Morgan fingerprint density at radius 3 is 2.96 bits per heavy atom. The summed E-state index contributed by atoms with van der Waals surface area (Å²) in [6.07, 6.45) is 0.728. The molecular formula is C18H17NO5. The van der Waals surface area contributed by atoms with Crippen LogP contribution in [0.4, 0.5) is 0 Å². The summed E-state index contributed by atoms with van der Waals surface area (Å²) in [5, 5.41) is 5.54. The normalized spacial score (nSPS) is 16.4. The molecule has 0 aromatic heterocycles. The van der Waals surface area contributed by atoms with Crippen molar-refractivity contribution in [3.8, 4) is 5.75 Å². The van der Waals surface area contributed by atoms with Crippen molar-refractivity contribution < 1.29 is 23.9 Å². The number of esters is 1. The molecule has 0 N–H and O–H groups in total. The first kappa shape index (κ1) is 16.0. The Balaban J connectivity index is 1.67. The topological polar surface area (TPSA) is 74.2 Å². The molecule has 24 heavy (non-hydrogen) atoms. The first-order chi connectivity index (χ1) is 11.7. The molecule has 0 amide bonds. The SMILES string of the molecule is CCOC(=O)C1=NOC(COc2ccc3ccccc3c2C=O)C1. The zero-order valence-corrected chi connectivity index (χ0v) is 13.2. The average Bonchev–Trinajstić information content (AvgIpc) is 3.08. The van der Waals surface area contributed by atoms with E-state index in [0.29, 0.717) is 24.3 Å². The van der Waals surface area contributed by atoms with Crippen LogP contribution in [0.5, 0.6) is 5.75 Å². The van der Waals surface area contributed by atoms with Crippen LogP contribution >= 0.6 is 0 Å². The Kier molecular flexibility index (Phi) is 4.74. The van der Waals surface area contributed by atoms with Crippen molar-refractivity contribution >= 4 is 28.7 Å². The highest BCUT2D eigenvalue weighted by molar-refractivity contribution is 6.36. The van der Waals surface area contributed by atoms with Gasteiger partial charge < -0.3 is 14.3 Å². The predicted molar refractivity (Wildman–Crippen MR) is 88.4 cm³/mol. The fourth-order valence-corrected chi connectivity index (χ4v) is 2.56. The third kappa shape index (κ3) is 3.22. The minimum Gasteiger partial charge on any atom is -0.489 e. The lowest BCUT2D eigenvalue weighted by molar-refractivity contribution is -0.135. The summed E-state index contributed by atoms with van der Waals surface area (Å²) in [4.78, 5) is 28.2. The van der Waals surface area contributed by atoms with Gasteiger partial charge in [-0.15, -0.1) is 0 Å². The highest BCUT2D eigenvalue weighted by Crippen LogP contribution is 2.27. The molecule has 0 saturated heterocycles. The van der Waals surface area contributed by atoms with E-state index >= 15 is 0 Å². The van der Waals surface area contributed by atoms with Gasteiger partial charge in [-0.05, 0) is 23.8 Å². The van der Waals surface area contributed by atoms with Gasteiger partial charge in [0.1, 0.15) is 12.4 Å². The van der Waals surface area contributed by atoms with Gasteiger partial charge >= 0.3 is 5.97 Å². The molecule has 0 saturated carbocycles. The van der Waals surface area contributed by atoms with Gasteiger partial charge in [-0.3, -0.25) is 4.79 Å². The summed E-state index contributed by atoms with van der Waals surface area (Å²) >= 11 is 0. The summed E-state index contributed by atoms with van der Waals surface area (Å²) in [7, 11) is 0. The number of aldehydes is 1. The van der Waals surface area contributed by atoms with Crippen LogP contribution in [0.25, 0.3) is 10.8 Å². The van der Waals surface area contributed by atoms with Crippen LogP contribution in [-0.4, -0.2) is 37.3 Å². The molecule has 3 rings (SSSR count). The van der Waals surface area contributed by atoms with Crippen LogP contribution in [0, 0.1) is 0 Å². The molecule has 124 valence electrons. The Morgan fingerprint density at radius 2 is 2.17 bits per heavy atom. The lowest BCUT2D eigenvalue weighted by Gasteiger charge is -2.13. The molecule has 0 bridgehead atoms. The highest BCUT2D eigenvalue weighted by atomic mass is 16.7. The van der Waals surface area contributed by atoms with Gasteiger partial charge in [-0.2, -0.15) is 0 Å². The molecule has 6 heteroatoms. The average molecular weight is 327 g/mol. The molecule has 0 fully saturated rings. The smallest absolute Gasteiger partial charge is 0.356 e. The molecule has 2 aromatic rings. The van der Waals surface area contributed by atoms with Crippen molar-refractivity contribution in [1.29, 1.82) is 0 Å². The summed E-state index contributed by atoms with van der Waals surface area (Å²) < 4.78 is 10.6. The van der Waals surface area contributed by atoms with Crippen LogP contribution in [-0.2, 0) is 14.4 Å². The fraction of sp³-hybridized carbons (Fsp3) is 0.278. The number of fused-ring (bicyclic) bond motifs is 1. The van der Waals surface area contributed by atoms with Crippen LogP contribution in [0.15, 0.2) is 41.6 Å². The quantitative estimate of drug-likeness (QED) is 0.602. The van der Waals surface area contributed by atoms with Crippen LogP contribution in [0.2, 0.25) is 0 Å². The maximum absolute atomic E-state index is 11.6. The van der Waals surface area contributed by atoms with Crippen LogP contribution < -0.4 is 4.74 Å². The van der Waals surface area contributed by atoms with Crippen LogP contribution in [0.3, 0.4) is 0 Å². The standard InChI is InChI=1S/C18H17NO5/c1-2-22-18(21)16-9-13(24-19-16)11-23-17-8-7-12-5-3-4-6-14(12)15(17)10-20/h3-8,10,13H,2,9,11H2,1H3. The summed E-state index contributed by atoms with van der Waals surface area (Å²) in [6, 6.07) is 11.3. The molecule has 6 nitrogen and oxygen atoms in total. The van der Waals surface area contributed by atoms with E-state index in [0.717, 1.165) is 17.1 Å². The van der Waals surface area contributed by atoms with Crippen molar-refractivity contribution in [2.24, 2.45) is 5.16 Å². The lowest BCUT2D eigenvalue weighted by atomic mass is 10.0. The van der Waals surface area contributed by atoms with Crippen molar-refractivity contribution in [1.82, 2.24) is 0 Å². The molecule has 2 aromatic carbocycles. The number of hydrogen-bond acceptors (Lipinski definition) is 6. The van der Waals surface area contributed by atoms with E-state index in [2.05, 4.69) is 5.16 Å². The second-order valence-electron chi connectivity index (χ2n) is 5.32. The number of rotatable bonds is 6. The van der Waals surface area contributed by atoms with Gasteiger partial charge in [-0.25, -0.2) is 4.79 Å². The highest BCUT2D eigenvalue weighted by Gasteiger charge is 2.27. The summed E-state index contributed by atoms with van der Waals surface area (Å²) in [5.74, 6) is 0.0103. The molecule has 0 radical (unpaired) electrons. The van der Waals surface area contributed by atoms with Gasteiger partial charge in [0.05, 0.1) is 12.2 Å². The van der Waals surface area contributed by atoms with Gasteiger partial charge in [0.25, 0.3) is 0 Å². The van der Waals surface area contributed by atoms with Gasteiger partial charge in [0.2, 0.25) is 0 Å². The molecule has 1 unspecified atom stereocenters. The number of benzene rings is 2. The molecule has 1 aliphatic heterocycles. The Morgan fingerprint density at radius 1 is 1.33 bits per heavy atom. The van der Waals surface area contributed by atoms with Gasteiger partial charge in [0, 0.05) is 6.42 Å². The number of carbonyl (C=O) groups excluding carboxylic acids is 2. The van der Waals surface area contributed by atoms with E-state index in [4.69, 9.17) is 14.3 Å². The van der Waals surface area contributed by atoms with Gasteiger partial charge in [-0.1, -0.05) is 35.5 Å². The van der Waals surface area contributed by atoms with E-state index < -0.39 is 5.97 Å². The van der Waals surface area contributed by atoms with E-state index in [9.17, 15) is 9.59 Å². The summed E-state index contributed by atoms with van der Waals surface area (Å²) in [5.41, 5.74) is 0.747. The first-order valence-electron chi connectivity index (χ1n) is 7.72. The van der Waals surface area contributed by atoms with Crippen molar-refractivity contribution in [3.63, 3.8) is 0 Å². The maximum atomic E-state index is 11.6. The minimum atomic E-state index is -0.473.